The van der Waals surface area contributed by atoms with Crippen molar-refractivity contribution in [3.05, 3.63) is 60.8 Å². The van der Waals surface area contributed by atoms with Crippen molar-refractivity contribution < 1.29 is 9.90 Å². The third-order valence-electron chi connectivity index (χ3n) is 3.42. The summed E-state index contributed by atoms with van der Waals surface area (Å²) in [5.41, 5.74) is 0. The highest BCUT2D eigenvalue weighted by molar-refractivity contribution is 5.66. The smallest absolute Gasteiger partial charge is 0.303 e. The van der Waals surface area contributed by atoms with E-state index in [1.165, 1.54) is 0 Å². The van der Waals surface area contributed by atoms with Crippen LogP contribution in [-0.2, 0) is 4.79 Å². The van der Waals surface area contributed by atoms with Crippen molar-refractivity contribution in [2.75, 3.05) is 0 Å². The molecule has 0 saturated carbocycles. The van der Waals surface area contributed by atoms with Gasteiger partial charge in [-0.1, -0.05) is 74.1 Å². The highest BCUT2D eigenvalue weighted by atomic mass is 16.4. The van der Waals surface area contributed by atoms with Gasteiger partial charge in [-0.15, -0.1) is 0 Å². The largest absolute Gasteiger partial charge is 0.481 e. The molecular weight excluding hydrogens is 296 g/mol. The fourth-order valence-electron chi connectivity index (χ4n) is 2.08. The molecule has 0 aromatic carbocycles. The molecule has 0 spiro atoms. The Morgan fingerprint density at radius 3 is 1.58 bits per heavy atom. The first kappa shape index (κ1) is 22.2. The molecule has 0 fully saturated rings. The molecule has 0 rings (SSSR count). The Labute approximate surface area is 148 Å². The zero-order valence-electron chi connectivity index (χ0n) is 15.2. The van der Waals surface area contributed by atoms with Crippen LogP contribution in [0, 0.1) is 0 Å². The van der Waals surface area contributed by atoms with E-state index in [1.54, 1.807) is 0 Å². The van der Waals surface area contributed by atoms with Crippen LogP contribution in [0.5, 0.6) is 0 Å². The third kappa shape index (κ3) is 20.2. The fourth-order valence-corrected chi connectivity index (χ4v) is 2.08. The van der Waals surface area contributed by atoms with Crippen LogP contribution in [0.25, 0.3) is 0 Å². The minimum Gasteiger partial charge on any atom is -0.481 e. The van der Waals surface area contributed by atoms with Gasteiger partial charge in [0.25, 0.3) is 0 Å². The number of hydrogen-bond donors (Lipinski definition) is 1. The lowest BCUT2D eigenvalue weighted by Crippen LogP contribution is -1.93. The number of hydrogen-bond acceptors (Lipinski definition) is 1. The van der Waals surface area contributed by atoms with Gasteiger partial charge in [0.1, 0.15) is 0 Å². The van der Waals surface area contributed by atoms with Crippen molar-refractivity contribution in [2.24, 2.45) is 0 Å². The molecule has 0 saturated heterocycles. The first-order valence-electron chi connectivity index (χ1n) is 9.24. The first-order chi connectivity index (χ1) is 11.8. The Hall–Kier alpha value is -1.83. The Kier molecular flexibility index (Phi) is 17.8. The molecule has 0 aliphatic heterocycles. The number of carbonyl (C=O) groups is 1. The Morgan fingerprint density at radius 1 is 0.667 bits per heavy atom. The van der Waals surface area contributed by atoms with Gasteiger partial charge in [-0.2, -0.15) is 0 Å². The SMILES string of the molecule is CCC=CC/C=C\C/C=C\C/C=C\C/C=C\CCCCCC(=O)O. The molecule has 0 aromatic heterocycles. The highest BCUT2D eigenvalue weighted by Crippen LogP contribution is 2.04. The maximum Gasteiger partial charge on any atom is 0.303 e. The summed E-state index contributed by atoms with van der Waals surface area (Å²) >= 11 is 0. The lowest BCUT2D eigenvalue weighted by atomic mass is 10.1. The molecule has 24 heavy (non-hydrogen) atoms. The van der Waals surface area contributed by atoms with E-state index in [2.05, 4.69) is 67.7 Å². The molecule has 0 heterocycles. The molecule has 0 amide bonds. The molecule has 0 radical (unpaired) electrons. The standard InChI is InChI=1S/C22H34O2/c1-2-3-4-5-6-7-8-9-10-11-12-13-14-15-16-17-18-19-20-21-22(23)24/h3-4,6-7,9-10,12-13,15-16H,2,5,8,11,14,17-21H2,1H3,(H,23,24)/b4-3?,7-6-,10-9-,13-12-,16-15-. The van der Waals surface area contributed by atoms with Gasteiger partial charge in [0.05, 0.1) is 0 Å². The predicted octanol–water partition coefficient (Wildman–Crippen LogP) is 6.77. The van der Waals surface area contributed by atoms with Crippen molar-refractivity contribution in [3.63, 3.8) is 0 Å². The summed E-state index contributed by atoms with van der Waals surface area (Å²) in [6, 6.07) is 0. The van der Waals surface area contributed by atoms with Gasteiger partial charge in [-0.05, 0) is 51.4 Å². The average Bonchev–Trinajstić information content (AvgIpc) is 2.56. The van der Waals surface area contributed by atoms with Gasteiger partial charge in [-0.3, -0.25) is 4.79 Å². The van der Waals surface area contributed by atoms with Gasteiger partial charge >= 0.3 is 5.97 Å². The topological polar surface area (TPSA) is 37.3 Å². The van der Waals surface area contributed by atoms with E-state index in [1.807, 2.05) is 0 Å². The zero-order valence-corrected chi connectivity index (χ0v) is 15.2. The second-order valence-electron chi connectivity index (χ2n) is 5.70. The van der Waals surface area contributed by atoms with Gasteiger partial charge in [0, 0.05) is 6.42 Å². The molecule has 134 valence electrons. The maximum atomic E-state index is 10.3. The highest BCUT2D eigenvalue weighted by Gasteiger charge is 1.94. The van der Waals surface area contributed by atoms with Gasteiger partial charge in [-0.25, -0.2) is 0 Å². The number of rotatable bonds is 15. The second-order valence-corrected chi connectivity index (χ2v) is 5.70. The van der Waals surface area contributed by atoms with E-state index in [9.17, 15) is 4.79 Å². The molecule has 0 aromatic rings. The van der Waals surface area contributed by atoms with Crippen LogP contribution < -0.4 is 0 Å². The van der Waals surface area contributed by atoms with E-state index in [-0.39, 0.29) is 0 Å². The van der Waals surface area contributed by atoms with Crippen LogP contribution in [0.1, 0.15) is 71.1 Å². The maximum absolute atomic E-state index is 10.3. The molecule has 2 heteroatoms. The summed E-state index contributed by atoms with van der Waals surface area (Å²) in [6.07, 6.45) is 31.3. The summed E-state index contributed by atoms with van der Waals surface area (Å²) in [6.45, 7) is 2.15. The fraction of sp³-hybridized carbons (Fsp3) is 0.500. The molecule has 0 bridgehead atoms. The number of unbranched alkanes of at least 4 members (excludes halogenated alkanes) is 3. The molecule has 1 N–H and O–H groups in total. The van der Waals surface area contributed by atoms with Gasteiger partial charge in [0.15, 0.2) is 0 Å². The van der Waals surface area contributed by atoms with Crippen molar-refractivity contribution in [1.29, 1.82) is 0 Å². The summed E-state index contributed by atoms with van der Waals surface area (Å²) < 4.78 is 0. The van der Waals surface area contributed by atoms with Crippen LogP contribution in [0.2, 0.25) is 0 Å². The average molecular weight is 331 g/mol. The van der Waals surface area contributed by atoms with Gasteiger partial charge < -0.3 is 5.11 Å². The van der Waals surface area contributed by atoms with Crippen molar-refractivity contribution >= 4 is 5.97 Å². The lowest BCUT2D eigenvalue weighted by Gasteiger charge is -1.94. The van der Waals surface area contributed by atoms with Crippen LogP contribution in [0.4, 0.5) is 0 Å². The van der Waals surface area contributed by atoms with Crippen LogP contribution in [0.15, 0.2) is 60.8 Å². The molecular formula is C22H34O2. The number of carboxylic acids is 1. The van der Waals surface area contributed by atoms with Crippen molar-refractivity contribution in [2.45, 2.75) is 71.1 Å². The molecule has 0 atom stereocenters. The van der Waals surface area contributed by atoms with Crippen LogP contribution >= 0.6 is 0 Å². The summed E-state index contributed by atoms with van der Waals surface area (Å²) in [5, 5.41) is 8.52. The normalized spacial score (nSPS) is 12.7. The summed E-state index contributed by atoms with van der Waals surface area (Å²) in [4.78, 5) is 10.3. The summed E-state index contributed by atoms with van der Waals surface area (Å²) in [5.74, 6) is -0.690. The molecule has 2 nitrogen and oxygen atoms in total. The molecule has 0 aliphatic rings. The van der Waals surface area contributed by atoms with Crippen molar-refractivity contribution in [1.82, 2.24) is 0 Å². The summed E-state index contributed by atoms with van der Waals surface area (Å²) in [7, 11) is 0. The van der Waals surface area contributed by atoms with Crippen LogP contribution in [0.3, 0.4) is 0 Å². The van der Waals surface area contributed by atoms with E-state index in [0.29, 0.717) is 6.42 Å². The number of carboxylic acid groups (broad SMARTS) is 1. The predicted molar refractivity (Wildman–Crippen MR) is 105 cm³/mol. The van der Waals surface area contributed by atoms with E-state index in [0.717, 1.165) is 57.8 Å². The lowest BCUT2D eigenvalue weighted by molar-refractivity contribution is -0.137. The minimum absolute atomic E-state index is 0.297. The Balaban J connectivity index is 3.42. The van der Waals surface area contributed by atoms with Gasteiger partial charge in [0.2, 0.25) is 0 Å². The monoisotopic (exact) mass is 330 g/mol. The second kappa shape index (κ2) is 19.2. The minimum atomic E-state index is -0.690. The van der Waals surface area contributed by atoms with E-state index >= 15 is 0 Å². The van der Waals surface area contributed by atoms with E-state index in [4.69, 9.17) is 5.11 Å². The molecule has 0 unspecified atom stereocenters. The number of allylic oxidation sites excluding steroid dienone is 10. The van der Waals surface area contributed by atoms with Crippen molar-refractivity contribution in [3.8, 4) is 0 Å². The van der Waals surface area contributed by atoms with E-state index < -0.39 is 5.97 Å². The number of aliphatic carboxylic acids is 1. The Bertz CT molecular complexity index is 425. The molecule has 0 aliphatic carbocycles. The van der Waals surface area contributed by atoms with Crippen LogP contribution in [-0.4, -0.2) is 11.1 Å². The quantitative estimate of drug-likeness (QED) is 0.265. The first-order valence-corrected chi connectivity index (χ1v) is 9.24. The zero-order chi connectivity index (χ0) is 17.7. The Morgan fingerprint density at radius 2 is 1.12 bits per heavy atom. The third-order valence-corrected chi connectivity index (χ3v) is 3.42.